The molecule has 0 heterocycles. The molecular weight excluding hydrogens is 320 g/mol. The van der Waals surface area contributed by atoms with Gasteiger partial charge in [-0.25, -0.2) is 4.79 Å². The van der Waals surface area contributed by atoms with Gasteiger partial charge in [0.25, 0.3) is 0 Å². The van der Waals surface area contributed by atoms with E-state index in [1.165, 1.54) is 44.1 Å². The number of rotatable bonds is 11. The molecule has 0 fully saturated rings. The van der Waals surface area contributed by atoms with Crippen LogP contribution in [0.2, 0.25) is 0 Å². The van der Waals surface area contributed by atoms with Crippen LogP contribution < -0.4 is 5.32 Å². The number of hydrogen-bond donors (Lipinski definition) is 1. The minimum atomic E-state index is -0.0222. The maximum Gasteiger partial charge on any atom is 0.322 e. The third kappa shape index (κ3) is 7.73. The molecule has 0 radical (unpaired) electrons. The van der Waals surface area contributed by atoms with Gasteiger partial charge in [0.05, 0.1) is 0 Å². The Morgan fingerprint density at radius 1 is 0.808 bits per heavy atom. The summed E-state index contributed by atoms with van der Waals surface area (Å²) in [5.74, 6) is 0. The fraction of sp³-hybridized carbons (Fsp3) is 0.435. The first-order chi connectivity index (χ1) is 12.8. The molecule has 0 saturated heterocycles. The van der Waals surface area contributed by atoms with Crippen molar-refractivity contribution in [2.45, 2.75) is 58.4 Å². The molecule has 2 aromatic rings. The second-order valence-electron chi connectivity index (χ2n) is 6.82. The highest BCUT2D eigenvalue weighted by atomic mass is 16.2. The quantitative estimate of drug-likeness (QED) is 0.462. The summed E-state index contributed by atoms with van der Waals surface area (Å²) in [4.78, 5) is 14.7. The molecule has 3 nitrogen and oxygen atoms in total. The van der Waals surface area contributed by atoms with Crippen LogP contribution in [0.5, 0.6) is 0 Å². The minimum absolute atomic E-state index is 0.0222. The Morgan fingerprint density at radius 2 is 1.38 bits per heavy atom. The number of nitrogens with one attached hydrogen (secondary N) is 1. The number of carbonyl (C=O) groups excluding carboxylic acids is 1. The van der Waals surface area contributed by atoms with E-state index >= 15 is 0 Å². The Kier molecular flexibility index (Phi) is 9.34. The molecule has 1 N–H and O–H groups in total. The highest BCUT2D eigenvalue weighted by molar-refractivity contribution is 5.89. The molecule has 0 aliphatic carbocycles. The molecule has 0 aromatic heterocycles. The smallest absolute Gasteiger partial charge is 0.320 e. The predicted molar refractivity (Wildman–Crippen MR) is 110 cm³/mol. The number of amides is 2. The van der Waals surface area contributed by atoms with Crippen LogP contribution in [0.4, 0.5) is 10.5 Å². The summed E-state index contributed by atoms with van der Waals surface area (Å²) in [5.41, 5.74) is 2.01. The number of urea groups is 1. The molecule has 2 aromatic carbocycles. The van der Waals surface area contributed by atoms with Crippen molar-refractivity contribution in [3.63, 3.8) is 0 Å². The van der Waals surface area contributed by atoms with Crippen LogP contribution in [0.1, 0.15) is 57.4 Å². The van der Waals surface area contributed by atoms with Crippen LogP contribution in [0.25, 0.3) is 0 Å². The van der Waals surface area contributed by atoms with Gasteiger partial charge in [-0.05, 0) is 24.1 Å². The first-order valence-electron chi connectivity index (χ1n) is 9.94. The van der Waals surface area contributed by atoms with E-state index in [0.29, 0.717) is 6.54 Å². The van der Waals surface area contributed by atoms with Crippen LogP contribution in [-0.4, -0.2) is 17.5 Å². The second-order valence-corrected chi connectivity index (χ2v) is 6.82. The molecular formula is C23H32N2O. The average Bonchev–Trinajstić information content (AvgIpc) is 2.68. The summed E-state index contributed by atoms with van der Waals surface area (Å²) in [6, 6.07) is 19.9. The summed E-state index contributed by atoms with van der Waals surface area (Å²) in [5, 5.41) is 3.02. The van der Waals surface area contributed by atoms with E-state index in [1.807, 2.05) is 53.4 Å². The van der Waals surface area contributed by atoms with Gasteiger partial charge in [0, 0.05) is 18.8 Å². The Hall–Kier alpha value is -2.29. The maximum absolute atomic E-state index is 12.7. The van der Waals surface area contributed by atoms with Crippen molar-refractivity contribution in [1.29, 1.82) is 0 Å². The van der Waals surface area contributed by atoms with Gasteiger partial charge in [0.15, 0.2) is 0 Å². The van der Waals surface area contributed by atoms with Crippen molar-refractivity contribution in [2.75, 3.05) is 11.9 Å². The van der Waals surface area contributed by atoms with E-state index in [9.17, 15) is 4.79 Å². The molecule has 3 heteroatoms. The van der Waals surface area contributed by atoms with Crippen molar-refractivity contribution in [3.8, 4) is 0 Å². The van der Waals surface area contributed by atoms with Gasteiger partial charge in [-0.3, -0.25) is 0 Å². The van der Waals surface area contributed by atoms with E-state index < -0.39 is 0 Å². The fourth-order valence-electron chi connectivity index (χ4n) is 3.04. The predicted octanol–water partition coefficient (Wildman–Crippen LogP) is 6.47. The molecule has 0 aliphatic heterocycles. The van der Waals surface area contributed by atoms with Gasteiger partial charge in [-0.2, -0.15) is 0 Å². The molecule has 0 spiro atoms. The number of unbranched alkanes of at least 4 members (excludes halogenated alkanes) is 6. The Labute approximate surface area is 158 Å². The molecule has 0 unspecified atom stereocenters. The van der Waals surface area contributed by atoms with Gasteiger partial charge in [0.2, 0.25) is 0 Å². The average molecular weight is 353 g/mol. The topological polar surface area (TPSA) is 32.3 Å². The molecule has 0 saturated carbocycles. The number of para-hydroxylation sites is 1. The Bertz CT molecular complexity index is 613. The largest absolute Gasteiger partial charge is 0.322 e. The van der Waals surface area contributed by atoms with Crippen LogP contribution in [0, 0.1) is 0 Å². The number of hydrogen-bond acceptors (Lipinski definition) is 1. The van der Waals surface area contributed by atoms with Crippen molar-refractivity contribution in [2.24, 2.45) is 0 Å². The van der Waals surface area contributed by atoms with Gasteiger partial charge < -0.3 is 10.2 Å². The summed E-state index contributed by atoms with van der Waals surface area (Å²) >= 11 is 0. The first-order valence-corrected chi connectivity index (χ1v) is 9.94. The zero-order valence-electron chi connectivity index (χ0n) is 16.0. The number of nitrogens with zero attached hydrogens (tertiary/aromatic N) is 1. The first kappa shape index (κ1) is 20.0. The lowest BCUT2D eigenvalue weighted by Gasteiger charge is -2.23. The van der Waals surface area contributed by atoms with Crippen LogP contribution in [0.3, 0.4) is 0 Å². The molecule has 26 heavy (non-hydrogen) atoms. The molecule has 0 atom stereocenters. The summed E-state index contributed by atoms with van der Waals surface area (Å²) in [7, 11) is 0. The van der Waals surface area contributed by atoms with Crippen LogP contribution in [-0.2, 0) is 6.54 Å². The highest BCUT2D eigenvalue weighted by Crippen LogP contribution is 2.12. The van der Waals surface area contributed by atoms with Gasteiger partial charge in [0.1, 0.15) is 0 Å². The SMILES string of the molecule is CCCCCCCCCN(Cc1ccccc1)C(=O)Nc1ccccc1. The Morgan fingerprint density at radius 3 is 2.04 bits per heavy atom. The Balaban J connectivity index is 1.85. The molecule has 2 rings (SSSR count). The monoisotopic (exact) mass is 352 g/mol. The molecule has 140 valence electrons. The maximum atomic E-state index is 12.7. The van der Waals surface area contributed by atoms with Gasteiger partial charge >= 0.3 is 6.03 Å². The highest BCUT2D eigenvalue weighted by Gasteiger charge is 2.13. The standard InChI is InChI=1S/C23H32N2O/c1-2-3-4-5-6-7-14-19-25(20-21-15-10-8-11-16-21)23(26)24-22-17-12-9-13-18-22/h8-13,15-18H,2-7,14,19-20H2,1H3,(H,24,26). The van der Waals surface area contributed by atoms with Crippen molar-refractivity contribution in [3.05, 3.63) is 66.2 Å². The van der Waals surface area contributed by atoms with E-state index in [1.54, 1.807) is 0 Å². The zero-order chi connectivity index (χ0) is 18.5. The molecule has 0 bridgehead atoms. The van der Waals surface area contributed by atoms with E-state index in [-0.39, 0.29) is 6.03 Å². The number of anilines is 1. The van der Waals surface area contributed by atoms with Gasteiger partial charge in [-0.1, -0.05) is 94.0 Å². The minimum Gasteiger partial charge on any atom is -0.320 e. The van der Waals surface area contributed by atoms with Crippen LogP contribution in [0.15, 0.2) is 60.7 Å². The summed E-state index contributed by atoms with van der Waals surface area (Å²) < 4.78 is 0. The third-order valence-electron chi connectivity index (χ3n) is 4.56. The lowest BCUT2D eigenvalue weighted by molar-refractivity contribution is 0.207. The number of benzene rings is 2. The fourth-order valence-corrected chi connectivity index (χ4v) is 3.04. The van der Waals surface area contributed by atoms with Crippen molar-refractivity contribution in [1.82, 2.24) is 4.90 Å². The normalized spacial score (nSPS) is 10.5. The summed E-state index contributed by atoms with van der Waals surface area (Å²) in [6.07, 6.45) is 8.76. The van der Waals surface area contributed by atoms with Crippen molar-refractivity contribution < 1.29 is 4.79 Å². The second kappa shape index (κ2) is 12.1. The lowest BCUT2D eigenvalue weighted by Crippen LogP contribution is -2.35. The van der Waals surface area contributed by atoms with E-state index in [0.717, 1.165) is 18.7 Å². The van der Waals surface area contributed by atoms with Crippen LogP contribution >= 0.6 is 0 Å². The van der Waals surface area contributed by atoms with Gasteiger partial charge in [-0.15, -0.1) is 0 Å². The van der Waals surface area contributed by atoms with E-state index in [2.05, 4.69) is 24.4 Å². The molecule has 0 aliphatic rings. The summed E-state index contributed by atoms with van der Waals surface area (Å²) in [6.45, 7) is 3.68. The van der Waals surface area contributed by atoms with E-state index in [4.69, 9.17) is 0 Å². The third-order valence-corrected chi connectivity index (χ3v) is 4.56. The molecule has 2 amide bonds. The number of carbonyl (C=O) groups is 1. The van der Waals surface area contributed by atoms with Crippen molar-refractivity contribution >= 4 is 11.7 Å². The lowest BCUT2D eigenvalue weighted by atomic mass is 10.1. The zero-order valence-corrected chi connectivity index (χ0v) is 16.0.